The Hall–Kier alpha value is -1.92. The van der Waals surface area contributed by atoms with Gasteiger partial charge in [0.2, 0.25) is 11.8 Å². The Morgan fingerprint density at radius 3 is 2.52 bits per heavy atom. The quantitative estimate of drug-likeness (QED) is 0.622. The number of carbonyl (C=O) groups excluding carboxylic acids is 3. The number of hydrogen-bond donors (Lipinski definition) is 2. The van der Waals surface area contributed by atoms with Gasteiger partial charge in [-0.2, -0.15) is 0 Å². The normalized spacial score (nSPS) is 17.7. The van der Waals surface area contributed by atoms with E-state index in [2.05, 4.69) is 5.32 Å². The van der Waals surface area contributed by atoms with Crippen molar-refractivity contribution in [3.8, 4) is 0 Å². The molecule has 0 bridgehead atoms. The highest BCUT2D eigenvalue weighted by molar-refractivity contribution is 5.90. The van der Waals surface area contributed by atoms with E-state index in [4.69, 9.17) is 5.11 Å². The van der Waals surface area contributed by atoms with Crippen molar-refractivity contribution in [3.05, 3.63) is 0 Å². The molecule has 0 aromatic carbocycles. The van der Waals surface area contributed by atoms with Crippen LogP contribution in [0.4, 0.5) is 0 Å². The summed E-state index contributed by atoms with van der Waals surface area (Å²) in [6.45, 7) is 4.40. The molecule has 1 saturated heterocycles. The molecule has 0 aromatic heterocycles. The monoisotopic (exact) mass is 298 g/mol. The van der Waals surface area contributed by atoms with E-state index in [9.17, 15) is 19.2 Å². The molecule has 0 aliphatic carbocycles. The molecule has 118 valence electrons. The minimum Gasteiger partial charge on any atom is -0.481 e. The Kier molecular flexibility index (Phi) is 6.33. The average Bonchev–Trinajstić information content (AvgIpc) is 2.80. The van der Waals surface area contributed by atoms with Crippen molar-refractivity contribution in [2.24, 2.45) is 5.92 Å². The number of amides is 2. The van der Waals surface area contributed by atoms with Gasteiger partial charge in [-0.1, -0.05) is 13.8 Å². The second kappa shape index (κ2) is 7.75. The topological polar surface area (TPSA) is 104 Å². The van der Waals surface area contributed by atoms with Gasteiger partial charge in [0.05, 0.1) is 12.5 Å². The van der Waals surface area contributed by atoms with Gasteiger partial charge >= 0.3 is 5.97 Å². The number of carbonyl (C=O) groups is 4. The summed E-state index contributed by atoms with van der Waals surface area (Å²) in [5.41, 5.74) is 0. The van der Waals surface area contributed by atoms with Gasteiger partial charge < -0.3 is 20.1 Å². The van der Waals surface area contributed by atoms with Crippen LogP contribution in [0.3, 0.4) is 0 Å². The minimum absolute atomic E-state index is 0.0725. The number of aldehydes is 1. The van der Waals surface area contributed by atoms with E-state index >= 15 is 0 Å². The molecular weight excluding hydrogens is 276 g/mol. The van der Waals surface area contributed by atoms with Crippen LogP contribution >= 0.6 is 0 Å². The van der Waals surface area contributed by atoms with Crippen LogP contribution in [0.2, 0.25) is 0 Å². The number of likely N-dealkylation sites (tertiary alicyclic amines) is 1. The number of nitrogens with one attached hydrogen (secondary N) is 1. The predicted octanol–water partition coefficient (Wildman–Crippen LogP) is 0.182. The van der Waals surface area contributed by atoms with Gasteiger partial charge in [-0.3, -0.25) is 14.4 Å². The maximum atomic E-state index is 12.3. The van der Waals surface area contributed by atoms with Gasteiger partial charge in [-0.25, -0.2) is 0 Å². The van der Waals surface area contributed by atoms with Crippen LogP contribution in [0.15, 0.2) is 0 Å². The number of carboxylic acids is 1. The fraction of sp³-hybridized carbons (Fsp3) is 0.714. The Labute approximate surface area is 123 Å². The number of aliphatic carboxylic acids is 1. The summed E-state index contributed by atoms with van der Waals surface area (Å²) in [6.07, 6.45) is 1.57. The third kappa shape index (κ3) is 5.17. The number of carboxylic acid groups (broad SMARTS) is 1. The average molecular weight is 298 g/mol. The highest BCUT2D eigenvalue weighted by atomic mass is 16.4. The Balaban J connectivity index is 2.77. The van der Waals surface area contributed by atoms with Crippen molar-refractivity contribution in [1.29, 1.82) is 0 Å². The Bertz CT molecular complexity index is 422. The summed E-state index contributed by atoms with van der Waals surface area (Å²) < 4.78 is 0. The maximum Gasteiger partial charge on any atom is 0.305 e. The first-order valence-electron chi connectivity index (χ1n) is 7.12. The zero-order chi connectivity index (χ0) is 16.0. The van der Waals surface area contributed by atoms with Crippen molar-refractivity contribution >= 4 is 24.1 Å². The third-order valence-corrected chi connectivity index (χ3v) is 3.37. The molecule has 2 N–H and O–H groups in total. The van der Waals surface area contributed by atoms with E-state index in [0.29, 0.717) is 32.1 Å². The summed E-state index contributed by atoms with van der Waals surface area (Å²) in [7, 11) is 0. The lowest BCUT2D eigenvalue weighted by Gasteiger charge is -2.29. The molecule has 1 aliphatic rings. The molecule has 7 nitrogen and oxygen atoms in total. The molecule has 0 saturated carbocycles. The molecule has 2 amide bonds. The minimum atomic E-state index is -1.16. The molecule has 7 heteroatoms. The van der Waals surface area contributed by atoms with Crippen LogP contribution in [-0.4, -0.2) is 52.7 Å². The summed E-state index contributed by atoms with van der Waals surface area (Å²) in [5, 5.41) is 11.1. The van der Waals surface area contributed by atoms with Crippen LogP contribution < -0.4 is 5.32 Å². The van der Waals surface area contributed by atoms with Crippen molar-refractivity contribution in [2.45, 2.75) is 51.6 Å². The molecule has 1 heterocycles. The van der Waals surface area contributed by atoms with E-state index in [1.165, 1.54) is 4.90 Å². The zero-order valence-electron chi connectivity index (χ0n) is 12.4. The van der Waals surface area contributed by atoms with Gasteiger partial charge in [0.15, 0.2) is 0 Å². The van der Waals surface area contributed by atoms with Gasteiger partial charge in [0, 0.05) is 13.0 Å². The van der Waals surface area contributed by atoms with Gasteiger partial charge in [-0.15, -0.1) is 0 Å². The molecular formula is C14H22N2O5. The van der Waals surface area contributed by atoms with Crippen molar-refractivity contribution in [1.82, 2.24) is 10.2 Å². The SMILES string of the molecule is CC(C)C[C@@H](C(=O)N[C@H](C=O)CC(=O)O)N1CCCC1=O. The summed E-state index contributed by atoms with van der Waals surface area (Å²) in [6, 6.07) is -1.71. The lowest BCUT2D eigenvalue weighted by molar-refractivity contribution is -0.141. The van der Waals surface area contributed by atoms with Gasteiger partial charge in [0.25, 0.3) is 0 Å². The van der Waals surface area contributed by atoms with Crippen LogP contribution in [0.1, 0.15) is 39.5 Å². The predicted molar refractivity (Wildman–Crippen MR) is 74.4 cm³/mol. The highest BCUT2D eigenvalue weighted by Crippen LogP contribution is 2.19. The van der Waals surface area contributed by atoms with E-state index in [-0.39, 0.29) is 11.8 Å². The smallest absolute Gasteiger partial charge is 0.305 e. The second-order valence-electron chi connectivity index (χ2n) is 5.69. The molecule has 2 atom stereocenters. The largest absolute Gasteiger partial charge is 0.481 e. The Morgan fingerprint density at radius 1 is 1.43 bits per heavy atom. The number of nitrogens with zero attached hydrogens (tertiary/aromatic N) is 1. The van der Waals surface area contributed by atoms with Crippen LogP contribution in [0.5, 0.6) is 0 Å². The maximum absolute atomic E-state index is 12.3. The third-order valence-electron chi connectivity index (χ3n) is 3.37. The number of rotatable bonds is 8. The lowest BCUT2D eigenvalue weighted by atomic mass is 10.0. The van der Waals surface area contributed by atoms with Crippen molar-refractivity contribution < 1.29 is 24.3 Å². The molecule has 1 aliphatic heterocycles. The summed E-state index contributed by atoms with van der Waals surface area (Å²) >= 11 is 0. The fourth-order valence-corrected chi connectivity index (χ4v) is 2.42. The van der Waals surface area contributed by atoms with Crippen LogP contribution in [0.25, 0.3) is 0 Å². The van der Waals surface area contributed by atoms with E-state index in [1.807, 2.05) is 13.8 Å². The zero-order valence-corrected chi connectivity index (χ0v) is 12.4. The molecule has 0 radical (unpaired) electrons. The van der Waals surface area contributed by atoms with Crippen molar-refractivity contribution in [3.63, 3.8) is 0 Å². The fourth-order valence-electron chi connectivity index (χ4n) is 2.42. The van der Waals surface area contributed by atoms with Crippen LogP contribution in [-0.2, 0) is 19.2 Å². The van der Waals surface area contributed by atoms with Crippen molar-refractivity contribution in [2.75, 3.05) is 6.54 Å². The Morgan fingerprint density at radius 2 is 2.10 bits per heavy atom. The second-order valence-corrected chi connectivity index (χ2v) is 5.69. The van der Waals surface area contributed by atoms with E-state index < -0.39 is 30.4 Å². The van der Waals surface area contributed by atoms with Gasteiger partial charge in [-0.05, 0) is 18.8 Å². The molecule has 0 aromatic rings. The molecule has 0 unspecified atom stereocenters. The molecule has 0 spiro atoms. The van der Waals surface area contributed by atoms with Gasteiger partial charge in [0.1, 0.15) is 12.3 Å². The molecule has 1 fully saturated rings. The number of hydrogen-bond acceptors (Lipinski definition) is 4. The molecule has 1 rings (SSSR count). The molecule has 21 heavy (non-hydrogen) atoms. The summed E-state index contributed by atoms with van der Waals surface area (Å²) in [5.74, 6) is -1.50. The lowest BCUT2D eigenvalue weighted by Crippen LogP contribution is -2.51. The first-order chi connectivity index (χ1) is 9.85. The first kappa shape index (κ1) is 17.1. The summed E-state index contributed by atoms with van der Waals surface area (Å²) in [4.78, 5) is 47.1. The standard InChI is InChI=1S/C14H22N2O5/c1-9(2)6-11(16-5-3-4-12(16)18)14(21)15-10(8-17)7-13(19)20/h8-11H,3-7H2,1-2H3,(H,15,21)(H,19,20)/t10-,11-/m0/s1. The first-order valence-corrected chi connectivity index (χ1v) is 7.12. The van der Waals surface area contributed by atoms with Crippen LogP contribution in [0, 0.1) is 5.92 Å². The highest BCUT2D eigenvalue weighted by Gasteiger charge is 2.34. The van der Waals surface area contributed by atoms with E-state index in [1.54, 1.807) is 0 Å². The van der Waals surface area contributed by atoms with E-state index in [0.717, 1.165) is 0 Å².